The predicted molar refractivity (Wildman–Crippen MR) is 126 cm³/mol. The fraction of sp³-hybridized carbons (Fsp3) is 0.375. The number of methoxy groups -OCH3 is 1. The van der Waals surface area contributed by atoms with E-state index in [9.17, 15) is 0 Å². The number of hydrogen-bond acceptors (Lipinski definition) is 3. The topological polar surface area (TPSA) is 22.3 Å². The molecule has 2 aromatic carbocycles. The monoisotopic (exact) mass is 441 g/mol. The largest absolute Gasteiger partial charge is 0.496 e. The molecular weight excluding hydrogens is 414 g/mol. The van der Waals surface area contributed by atoms with Crippen LogP contribution in [0.2, 0.25) is 5.02 Å². The van der Waals surface area contributed by atoms with E-state index in [1.807, 2.05) is 42.5 Å². The fourth-order valence-electron chi connectivity index (χ4n) is 3.88. The third-order valence-corrected chi connectivity index (χ3v) is 6.30. The van der Waals surface area contributed by atoms with Gasteiger partial charge in [0.1, 0.15) is 5.75 Å². The van der Waals surface area contributed by atoms with Crippen LogP contribution in [-0.4, -0.2) is 41.3 Å². The Bertz CT molecular complexity index is 1050. The van der Waals surface area contributed by atoms with Crippen LogP contribution in [0, 0.1) is 10.7 Å². The van der Waals surface area contributed by atoms with Crippen molar-refractivity contribution in [3.8, 4) is 22.7 Å². The van der Waals surface area contributed by atoms with E-state index in [1.165, 1.54) is 19.4 Å². The minimum Gasteiger partial charge on any atom is -0.496 e. The summed E-state index contributed by atoms with van der Waals surface area (Å²) in [6.45, 7) is 3.18. The second-order valence-electron chi connectivity index (χ2n) is 8.06. The van der Waals surface area contributed by atoms with Gasteiger partial charge in [-0.05, 0) is 87.4 Å². The van der Waals surface area contributed by atoms with E-state index in [0.717, 1.165) is 52.9 Å². The molecule has 6 heteroatoms. The summed E-state index contributed by atoms with van der Waals surface area (Å²) in [4.78, 5) is 2.44. The zero-order chi connectivity index (χ0) is 21.1. The van der Waals surface area contributed by atoms with Crippen LogP contribution in [0.5, 0.6) is 5.75 Å². The van der Waals surface area contributed by atoms with E-state index in [1.54, 1.807) is 7.11 Å². The second-order valence-corrected chi connectivity index (χ2v) is 8.86. The molecule has 4 nitrogen and oxygen atoms in total. The Kier molecular flexibility index (Phi) is 6.61. The molecule has 0 radical (unpaired) electrons. The smallest absolute Gasteiger partial charge is 0.184 e. The lowest BCUT2D eigenvalue weighted by atomic mass is 10.1. The van der Waals surface area contributed by atoms with Gasteiger partial charge in [0, 0.05) is 35.6 Å². The van der Waals surface area contributed by atoms with Gasteiger partial charge in [-0.15, -0.1) is 0 Å². The van der Waals surface area contributed by atoms with Gasteiger partial charge >= 0.3 is 0 Å². The van der Waals surface area contributed by atoms with Crippen molar-refractivity contribution in [3.63, 3.8) is 0 Å². The average molecular weight is 442 g/mol. The Morgan fingerprint density at radius 1 is 1.13 bits per heavy atom. The molecule has 0 spiro atoms. The summed E-state index contributed by atoms with van der Waals surface area (Å²) >= 11 is 12.0. The Hall–Kier alpha value is -2.08. The van der Waals surface area contributed by atoms with Crippen LogP contribution in [0.25, 0.3) is 16.9 Å². The molecule has 0 atom stereocenters. The van der Waals surface area contributed by atoms with Gasteiger partial charge in [0.2, 0.25) is 0 Å². The normalized spacial score (nSPS) is 13.7. The van der Waals surface area contributed by atoms with Gasteiger partial charge in [0.15, 0.2) is 4.77 Å². The van der Waals surface area contributed by atoms with Crippen molar-refractivity contribution >= 4 is 23.8 Å². The molecule has 1 aliphatic rings. The van der Waals surface area contributed by atoms with Gasteiger partial charge in [-0.2, -0.15) is 0 Å². The quantitative estimate of drug-likeness (QED) is 0.376. The van der Waals surface area contributed by atoms with Gasteiger partial charge in [0.25, 0.3) is 0 Å². The maximum atomic E-state index is 6.12. The highest BCUT2D eigenvalue weighted by Gasteiger charge is 2.22. The Balaban J connectivity index is 1.66. The minimum atomic E-state index is 0.710. The van der Waals surface area contributed by atoms with Crippen LogP contribution < -0.4 is 4.74 Å². The van der Waals surface area contributed by atoms with Crippen LogP contribution in [0.15, 0.2) is 54.7 Å². The summed E-state index contributed by atoms with van der Waals surface area (Å²) in [6.07, 6.45) is 5.99. The lowest BCUT2D eigenvalue weighted by molar-refractivity contribution is 0.309. The molecule has 1 aliphatic carbocycles. The lowest BCUT2D eigenvalue weighted by Crippen LogP contribution is -2.23. The molecule has 1 fully saturated rings. The van der Waals surface area contributed by atoms with Crippen molar-refractivity contribution in [1.82, 2.24) is 14.0 Å². The number of para-hydroxylation sites is 1. The number of hydrogen-bond donors (Lipinski definition) is 0. The summed E-state index contributed by atoms with van der Waals surface area (Å²) in [5.41, 5.74) is 3.03. The van der Waals surface area contributed by atoms with Crippen molar-refractivity contribution in [2.75, 3.05) is 27.2 Å². The zero-order valence-corrected chi connectivity index (χ0v) is 19.1. The number of imidazole rings is 1. The number of rotatable bonds is 9. The van der Waals surface area contributed by atoms with E-state index in [-0.39, 0.29) is 0 Å². The molecule has 1 aromatic heterocycles. The molecule has 30 heavy (non-hydrogen) atoms. The van der Waals surface area contributed by atoms with Gasteiger partial charge in [-0.1, -0.05) is 23.7 Å². The molecule has 0 amide bonds. The molecule has 0 bridgehead atoms. The van der Waals surface area contributed by atoms with Crippen LogP contribution in [0.3, 0.4) is 0 Å². The van der Waals surface area contributed by atoms with E-state index in [4.69, 9.17) is 28.6 Å². The van der Waals surface area contributed by atoms with Crippen LogP contribution in [-0.2, 0) is 6.54 Å². The number of ether oxygens (including phenoxy) is 1. The number of benzene rings is 2. The van der Waals surface area contributed by atoms with Gasteiger partial charge in [0.05, 0.1) is 12.8 Å². The Labute approximate surface area is 188 Å². The SMILES string of the molecule is COc1ccccc1-c1cn(CCCN(C)CC2CC2)c(=S)n1-c1ccc(Cl)cc1. The highest BCUT2D eigenvalue weighted by atomic mass is 35.5. The van der Waals surface area contributed by atoms with Crippen LogP contribution in [0.1, 0.15) is 19.3 Å². The number of nitrogens with zero attached hydrogens (tertiary/aromatic N) is 3. The Morgan fingerprint density at radius 3 is 2.57 bits per heavy atom. The summed E-state index contributed by atoms with van der Waals surface area (Å²) in [7, 11) is 3.92. The summed E-state index contributed by atoms with van der Waals surface area (Å²) < 4.78 is 10.7. The summed E-state index contributed by atoms with van der Waals surface area (Å²) in [6, 6.07) is 15.9. The molecule has 0 aliphatic heterocycles. The molecule has 1 heterocycles. The van der Waals surface area contributed by atoms with Crippen molar-refractivity contribution < 1.29 is 4.74 Å². The van der Waals surface area contributed by atoms with E-state index in [0.29, 0.717) is 5.02 Å². The molecule has 4 rings (SSSR count). The van der Waals surface area contributed by atoms with Gasteiger partial charge in [-0.25, -0.2) is 0 Å². The third kappa shape index (κ3) is 4.80. The molecular formula is C24H28ClN3OS. The number of halogens is 1. The first-order chi connectivity index (χ1) is 14.6. The zero-order valence-electron chi connectivity index (χ0n) is 17.6. The van der Waals surface area contributed by atoms with Gasteiger partial charge in [-0.3, -0.25) is 4.57 Å². The standard InChI is InChI=1S/C24H28ClN3OS/c1-26(16-18-8-9-18)14-5-15-27-17-22(21-6-3-4-7-23(21)29-2)28(24(27)30)20-12-10-19(25)11-13-20/h3-4,6-7,10-13,17-18H,5,8-9,14-16H2,1-2H3. The minimum absolute atomic E-state index is 0.710. The van der Waals surface area contributed by atoms with E-state index in [2.05, 4.69) is 33.3 Å². The predicted octanol–water partition coefficient (Wildman–Crippen LogP) is 6.07. The fourth-order valence-corrected chi connectivity index (χ4v) is 4.36. The Morgan fingerprint density at radius 2 is 1.87 bits per heavy atom. The maximum Gasteiger partial charge on any atom is 0.184 e. The van der Waals surface area contributed by atoms with Crippen molar-refractivity contribution in [1.29, 1.82) is 0 Å². The first-order valence-corrected chi connectivity index (χ1v) is 11.3. The summed E-state index contributed by atoms with van der Waals surface area (Å²) in [5, 5.41) is 0.710. The molecule has 0 saturated heterocycles. The maximum absolute atomic E-state index is 6.12. The molecule has 0 N–H and O–H groups in total. The average Bonchev–Trinajstić information content (AvgIpc) is 3.51. The molecule has 0 unspecified atom stereocenters. The molecule has 3 aromatic rings. The number of aromatic nitrogens is 2. The first kappa shape index (κ1) is 21.2. The molecule has 158 valence electrons. The second kappa shape index (κ2) is 9.38. The van der Waals surface area contributed by atoms with E-state index < -0.39 is 0 Å². The van der Waals surface area contributed by atoms with Crippen LogP contribution >= 0.6 is 23.8 Å². The van der Waals surface area contributed by atoms with Crippen molar-refractivity contribution in [2.24, 2.45) is 5.92 Å². The van der Waals surface area contributed by atoms with Crippen LogP contribution in [0.4, 0.5) is 0 Å². The highest BCUT2D eigenvalue weighted by molar-refractivity contribution is 7.71. The van der Waals surface area contributed by atoms with Crippen molar-refractivity contribution in [3.05, 3.63) is 64.5 Å². The summed E-state index contributed by atoms with van der Waals surface area (Å²) in [5.74, 6) is 1.75. The van der Waals surface area contributed by atoms with Crippen molar-refractivity contribution in [2.45, 2.75) is 25.8 Å². The highest BCUT2D eigenvalue weighted by Crippen LogP contribution is 2.33. The number of aryl methyl sites for hydroxylation is 1. The first-order valence-electron chi connectivity index (χ1n) is 10.5. The molecule has 1 saturated carbocycles. The lowest BCUT2D eigenvalue weighted by Gasteiger charge is -2.15. The van der Waals surface area contributed by atoms with Gasteiger partial charge < -0.3 is 14.2 Å². The van der Waals surface area contributed by atoms with E-state index >= 15 is 0 Å². The third-order valence-electron chi connectivity index (χ3n) is 5.63.